The summed E-state index contributed by atoms with van der Waals surface area (Å²) in [5, 5.41) is 0. The molecule has 168 valence electrons. The molecule has 0 unspecified atom stereocenters. The molecule has 6 heteroatoms. The molecule has 2 bridgehead atoms. The minimum Gasteiger partial charge on any atom is -0.468 e. The highest BCUT2D eigenvalue weighted by Gasteiger charge is 2.62. The van der Waals surface area contributed by atoms with Gasteiger partial charge in [0.15, 0.2) is 11.2 Å². The van der Waals surface area contributed by atoms with Gasteiger partial charge in [0, 0.05) is 38.1 Å². The molecule has 0 spiro atoms. The molecule has 1 amide bonds. The highest BCUT2D eigenvalue weighted by molar-refractivity contribution is 6.08. The van der Waals surface area contributed by atoms with Crippen molar-refractivity contribution in [1.29, 1.82) is 0 Å². The van der Waals surface area contributed by atoms with Gasteiger partial charge in [0.05, 0.1) is 13.5 Å². The third-order valence-electron chi connectivity index (χ3n) is 7.54. The van der Waals surface area contributed by atoms with Crippen LogP contribution in [0.3, 0.4) is 0 Å². The van der Waals surface area contributed by atoms with Crippen molar-refractivity contribution < 1.29 is 19.1 Å². The van der Waals surface area contributed by atoms with E-state index < -0.39 is 11.4 Å². The van der Waals surface area contributed by atoms with Crippen LogP contribution in [0.5, 0.6) is 0 Å². The van der Waals surface area contributed by atoms with Gasteiger partial charge in [-0.05, 0) is 36.7 Å². The van der Waals surface area contributed by atoms with Gasteiger partial charge in [-0.1, -0.05) is 44.2 Å². The van der Waals surface area contributed by atoms with Crippen LogP contribution >= 0.6 is 0 Å². The number of likely N-dealkylation sites (tertiary alicyclic amines) is 1. The summed E-state index contributed by atoms with van der Waals surface area (Å²) in [6.07, 6.45) is 2.92. The zero-order valence-corrected chi connectivity index (χ0v) is 18.9. The van der Waals surface area contributed by atoms with Crippen LogP contribution in [0, 0.1) is 17.3 Å². The van der Waals surface area contributed by atoms with Crippen molar-refractivity contribution in [2.45, 2.75) is 64.6 Å². The summed E-state index contributed by atoms with van der Waals surface area (Å²) < 4.78 is 5.19. The molecule has 3 aliphatic heterocycles. The second-order valence-electron chi connectivity index (χ2n) is 9.92. The van der Waals surface area contributed by atoms with E-state index >= 15 is 0 Å². The molecular weight excluding hydrogens is 392 g/mol. The van der Waals surface area contributed by atoms with Gasteiger partial charge in [0.2, 0.25) is 5.91 Å². The Morgan fingerprint density at radius 2 is 1.77 bits per heavy atom. The fourth-order valence-corrected chi connectivity index (χ4v) is 6.24. The Balaban J connectivity index is 1.63. The van der Waals surface area contributed by atoms with Crippen LogP contribution in [0.4, 0.5) is 0 Å². The van der Waals surface area contributed by atoms with E-state index in [-0.39, 0.29) is 30.2 Å². The molecule has 3 aliphatic rings. The lowest BCUT2D eigenvalue weighted by atomic mass is 9.69. The quantitative estimate of drug-likeness (QED) is 0.535. The Morgan fingerprint density at radius 1 is 1.10 bits per heavy atom. The van der Waals surface area contributed by atoms with E-state index in [1.807, 2.05) is 23.1 Å². The van der Waals surface area contributed by atoms with Crippen molar-refractivity contribution in [2.75, 3.05) is 20.2 Å². The maximum Gasteiger partial charge on any atom is 0.321 e. The van der Waals surface area contributed by atoms with Gasteiger partial charge < -0.3 is 9.64 Å². The normalized spacial score (nSPS) is 33.4. The molecule has 0 N–H and O–H groups in total. The molecule has 0 saturated carbocycles. The number of nitrogens with zero attached hydrogens (tertiary/aromatic N) is 2. The molecule has 4 rings (SSSR count). The number of hydrogen-bond acceptors (Lipinski definition) is 5. The highest BCUT2D eigenvalue weighted by atomic mass is 16.5. The standard InChI is InChI=1S/C25H34N2O4/c1-17-11-18(2)15-26(14-17)23(29)13-25(24(30)31-3)21-10-9-20(12-22(25)28)27(21)16-19-7-5-4-6-8-19/h4-8,17-18,20-21H,9-16H2,1-3H3/t17-,18+,20-,21-,25+/m1/s1. The number of fused-ring (bicyclic) bond motifs is 2. The van der Waals surface area contributed by atoms with Crippen LogP contribution < -0.4 is 0 Å². The molecule has 3 saturated heterocycles. The Labute approximate surface area is 184 Å². The van der Waals surface area contributed by atoms with Crippen molar-refractivity contribution in [1.82, 2.24) is 9.80 Å². The Hall–Kier alpha value is -2.21. The van der Waals surface area contributed by atoms with E-state index in [2.05, 4.69) is 30.9 Å². The maximum absolute atomic E-state index is 13.4. The molecule has 0 aromatic heterocycles. The first kappa shape index (κ1) is 22.0. The summed E-state index contributed by atoms with van der Waals surface area (Å²) in [6, 6.07) is 9.95. The van der Waals surface area contributed by atoms with Crippen molar-refractivity contribution in [3.8, 4) is 0 Å². The van der Waals surface area contributed by atoms with Crippen molar-refractivity contribution >= 4 is 17.7 Å². The number of carbonyl (C=O) groups excluding carboxylic acids is 3. The van der Waals surface area contributed by atoms with E-state index in [9.17, 15) is 14.4 Å². The largest absolute Gasteiger partial charge is 0.468 e. The smallest absolute Gasteiger partial charge is 0.321 e. The molecule has 31 heavy (non-hydrogen) atoms. The first-order valence-corrected chi connectivity index (χ1v) is 11.5. The first-order chi connectivity index (χ1) is 14.8. The summed E-state index contributed by atoms with van der Waals surface area (Å²) >= 11 is 0. The summed E-state index contributed by atoms with van der Waals surface area (Å²) in [5.41, 5.74) is -0.255. The fraction of sp³-hybridized carbons (Fsp3) is 0.640. The summed E-state index contributed by atoms with van der Waals surface area (Å²) in [7, 11) is 1.33. The van der Waals surface area contributed by atoms with Gasteiger partial charge in [-0.25, -0.2) is 0 Å². The van der Waals surface area contributed by atoms with Crippen LogP contribution in [-0.2, 0) is 25.7 Å². The third kappa shape index (κ3) is 4.02. The van der Waals surface area contributed by atoms with Crippen LogP contribution in [0.1, 0.15) is 51.5 Å². The number of Topliss-reactive ketones (excluding diaryl/α,β-unsaturated/α-hetero) is 1. The lowest BCUT2D eigenvalue weighted by Gasteiger charge is -2.46. The molecule has 0 aliphatic carbocycles. The van der Waals surface area contributed by atoms with Crippen molar-refractivity contribution in [2.24, 2.45) is 17.3 Å². The number of carbonyl (C=O) groups is 3. The lowest BCUT2D eigenvalue weighted by Crippen LogP contribution is -2.61. The zero-order chi connectivity index (χ0) is 22.2. The second-order valence-corrected chi connectivity index (χ2v) is 9.92. The summed E-state index contributed by atoms with van der Waals surface area (Å²) in [5.74, 6) is 0.0840. The third-order valence-corrected chi connectivity index (χ3v) is 7.54. The van der Waals surface area contributed by atoms with Crippen LogP contribution in [-0.4, -0.2) is 59.7 Å². The number of ketones is 1. The number of methoxy groups -OCH3 is 1. The molecular formula is C25H34N2O4. The minimum absolute atomic E-state index is 0.0827. The first-order valence-electron chi connectivity index (χ1n) is 11.5. The van der Waals surface area contributed by atoms with E-state index in [0.29, 0.717) is 37.9 Å². The van der Waals surface area contributed by atoms with Gasteiger partial charge in [0.1, 0.15) is 0 Å². The Kier molecular flexibility index (Phi) is 6.20. The van der Waals surface area contributed by atoms with Crippen molar-refractivity contribution in [3.05, 3.63) is 35.9 Å². The minimum atomic E-state index is -1.41. The summed E-state index contributed by atoms with van der Waals surface area (Å²) in [6.45, 7) is 6.36. The number of ether oxygens (including phenoxy) is 1. The van der Waals surface area contributed by atoms with Crippen LogP contribution in [0.25, 0.3) is 0 Å². The van der Waals surface area contributed by atoms with Crippen LogP contribution in [0.15, 0.2) is 30.3 Å². The predicted molar refractivity (Wildman–Crippen MR) is 117 cm³/mol. The number of piperidine rings is 2. The molecule has 5 atom stereocenters. The van der Waals surface area contributed by atoms with Gasteiger partial charge in [-0.15, -0.1) is 0 Å². The number of rotatable bonds is 5. The number of hydrogen-bond donors (Lipinski definition) is 0. The molecule has 6 nitrogen and oxygen atoms in total. The average molecular weight is 427 g/mol. The van der Waals surface area contributed by atoms with E-state index in [1.54, 1.807) is 0 Å². The predicted octanol–water partition coefficient (Wildman–Crippen LogP) is 3.05. The topological polar surface area (TPSA) is 66.9 Å². The van der Waals surface area contributed by atoms with E-state index in [0.717, 1.165) is 24.8 Å². The number of amides is 1. The maximum atomic E-state index is 13.4. The van der Waals surface area contributed by atoms with Gasteiger partial charge in [0.25, 0.3) is 0 Å². The van der Waals surface area contributed by atoms with Crippen LogP contribution in [0.2, 0.25) is 0 Å². The lowest BCUT2D eigenvalue weighted by molar-refractivity contribution is -0.171. The number of benzene rings is 1. The molecule has 3 heterocycles. The fourth-order valence-electron chi connectivity index (χ4n) is 6.24. The number of esters is 1. The van der Waals surface area contributed by atoms with Gasteiger partial charge in [-0.3, -0.25) is 19.3 Å². The van der Waals surface area contributed by atoms with Crippen molar-refractivity contribution in [3.63, 3.8) is 0 Å². The highest BCUT2D eigenvalue weighted by Crippen LogP contribution is 2.48. The zero-order valence-electron chi connectivity index (χ0n) is 18.9. The van der Waals surface area contributed by atoms with Gasteiger partial charge >= 0.3 is 5.97 Å². The SMILES string of the molecule is COC(=O)[C@]1(CC(=O)N2C[C@H](C)C[C@H](C)C2)C(=O)C[C@H]2CC[C@H]1N2Cc1ccccc1. The molecule has 1 aromatic carbocycles. The Morgan fingerprint density at radius 3 is 2.42 bits per heavy atom. The monoisotopic (exact) mass is 426 g/mol. The summed E-state index contributed by atoms with van der Waals surface area (Å²) in [4.78, 5) is 44.2. The molecule has 3 fully saturated rings. The Bertz CT molecular complexity index is 831. The van der Waals surface area contributed by atoms with E-state index in [1.165, 1.54) is 7.11 Å². The van der Waals surface area contributed by atoms with Gasteiger partial charge in [-0.2, -0.15) is 0 Å². The second kappa shape index (κ2) is 8.73. The molecule has 1 aromatic rings. The molecule has 0 radical (unpaired) electrons. The van der Waals surface area contributed by atoms with E-state index in [4.69, 9.17) is 4.74 Å². The average Bonchev–Trinajstić information content (AvgIpc) is 3.06.